The lowest BCUT2D eigenvalue weighted by molar-refractivity contribution is 0.0937. The zero-order valence-corrected chi connectivity index (χ0v) is 17.5. The van der Waals surface area contributed by atoms with Crippen LogP contribution in [0.3, 0.4) is 0 Å². The molecule has 3 N–H and O–H groups in total. The average molecular weight is 407 g/mol. The number of carbonyl (C=O) groups is 1. The van der Waals surface area contributed by atoms with Gasteiger partial charge in [-0.15, -0.1) is 12.4 Å². The fraction of sp³-hybridized carbons (Fsp3) is 0.450. The molecule has 0 aromatic carbocycles. The maximum absolute atomic E-state index is 13.0. The first-order valence-electron chi connectivity index (χ1n) is 9.30. The number of furan rings is 1. The summed E-state index contributed by atoms with van der Waals surface area (Å²) in [4.78, 5) is 17.6. The van der Waals surface area contributed by atoms with Crippen molar-refractivity contribution in [3.05, 3.63) is 34.9 Å². The van der Waals surface area contributed by atoms with Crippen LogP contribution in [0.5, 0.6) is 0 Å². The number of unbranched alkanes of at least 4 members (excludes halogenated alkanes) is 1. The molecule has 3 aromatic heterocycles. The molecule has 0 saturated carbocycles. The summed E-state index contributed by atoms with van der Waals surface area (Å²) in [7, 11) is 0. The Balaban J connectivity index is 0.00000280. The van der Waals surface area contributed by atoms with Crippen molar-refractivity contribution in [2.75, 3.05) is 6.54 Å². The Morgan fingerprint density at radius 2 is 2.04 bits per heavy atom. The first-order chi connectivity index (χ1) is 12.9. The van der Waals surface area contributed by atoms with Gasteiger partial charge in [0.15, 0.2) is 0 Å². The van der Waals surface area contributed by atoms with Crippen molar-refractivity contribution in [3.8, 4) is 11.3 Å². The molecule has 0 radical (unpaired) electrons. The molecule has 28 heavy (non-hydrogen) atoms. The van der Waals surface area contributed by atoms with Gasteiger partial charge in [-0.1, -0.05) is 24.9 Å². The fourth-order valence-electron chi connectivity index (χ4n) is 3.26. The maximum atomic E-state index is 13.0. The predicted octanol–water partition coefficient (Wildman–Crippen LogP) is 4.08. The number of nitrogens with one attached hydrogen (secondary N) is 1. The largest absolute Gasteiger partial charge is 0.466 e. The molecule has 3 heterocycles. The molecule has 152 valence electrons. The number of hydrogen-bond acceptors (Lipinski definition) is 6. The van der Waals surface area contributed by atoms with Crippen LogP contribution in [0.4, 0.5) is 0 Å². The zero-order chi connectivity index (χ0) is 19.6. The molecule has 0 bridgehead atoms. The van der Waals surface area contributed by atoms with Gasteiger partial charge in [0.2, 0.25) is 0 Å². The number of carbonyl (C=O) groups excluding carboxylic acids is 1. The van der Waals surface area contributed by atoms with Gasteiger partial charge in [0.25, 0.3) is 11.6 Å². The number of nitrogens with zero attached hydrogens (tertiary/aromatic N) is 2. The fourth-order valence-corrected chi connectivity index (χ4v) is 3.26. The highest BCUT2D eigenvalue weighted by Crippen LogP contribution is 2.30. The summed E-state index contributed by atoms with van der Waals surface area (Å²) in [6.07, 6.45) is 2.92. The minimum Gasteiger partial charge on any atom is -0.466 e. The second-order valence-corrected chi connectivity index (χ2v) is 6.88. The SMILES string of the molecule is CCCCC(CN)NC(=O)c1cc(-c2cc(C)oc2C)nc2onc(C)c12.Cl. The van der Waals surface area contributed by atoms with Crippen LogP contribution in [0.2, 0.25) is 0 Å². The molecule has 0 aliphatic carbocycles. The summed E-state index contributed by atoms with van der Waals surface area (Å²) >= 11 is 0. The molecular weight excluding hydrogens is 380 g/mol. The Bertz CT molecular complexity index is 964. The number of rotatable bonds is 7. The molecule has 0 aliphatic rings. The van der Waals surface area contributed by atoms with E-state index in [1.807, 2.05) is 19.9 Å². The quantitative estimate of drug-likeness (QED) is 0.612. The van der Waals surface area contributed by atoms with E-state index in [0.717, 1.165) is 36.3 Å². The summed E-state index contributed by atoms with van der Waals surface area (Å²) in [5.41, 5.74) is 8.75. The van der Waals surface area contributed by atoms with Crippen molar-refractivity contribution >= 4 is 29.4 Å². The predicted molar refractivity (Wildman–Crippen MR) is 111 cm³/mol. The van der Waals surface area contributed by atoms with Crippen LogP contribution in [0, 0.1) is 20.8 Å². The molecule has 0 fully saturated rings. The molecule has 1 amide bonds. The molecule has 1 unspecified atom stereocenters. The van der Waals surface area contributed by atoms with Crippen molar-refractivity contribution in [3.63, 3.8) is 0 Å². The highest BCUT2D eigenvalue weighted by Gasteiger charge is 2.22. The molecule has 1 atom stereocenters. The normalized spacial score (nSPS) is 12.0. The van der Waals surface area contributed by atoms with Crippen molar-refractivity contribution in [2.24, 2.45) is 5.73 Å². The van der Waals surface area contributed by atoms with Gasteiger partial charge in [-0.05, 0) is 39.3 Å². The highest BCUT2D eigenvalue weighted by molar-refractivity contribution is 6.07. The number of aryl methyl sites for hydroxylation is 3. The van der Waals surface area contributed by atoms with E-state index in [4.69, 9.17) is 14.7 Å². The van der Waals surface area contributed by atoms with E-state index in [0.29, 0.717) is 34.6 Å². The number of hydrogen-bond donors (Lipinski definition) is 2. The molecule has 7 nitrogen and oxygen atoms in total. The monoisotopic (exact) mass is 406 g/mol. The summed E-state index contributed by atoms with van der Waals surface area (Å²) in [5, 5.41) is 7.65. The van der Waals surface area contributed by atoms with E-state index in [-0.39, 0.29) is 24.4 Å². The standard InChI is InChI=1S/C20H26N4O3.ClH/c1-5-6-7-14(10-21)22-19(25)16-9-17(15-8-11(2)26-13(15)4)23-20-18(16)12(3)24-27-20;/h8-9,14H,5-7,10,21H2,1-4H3,(H,22,25);1H. The van der Waals surface area contributed by atoms with E-state index in [9.17, 15) is 4.79 Å². The lowest BCUT2D eigenvalue weighted by atomic mass is 10.0. The van der Waals surface area contributed by atoms with E-state index in [2.05, 4.69) is 22.4 Å². The minimum absolute atomic E-state index is 0. The van der Waals surface area contributed by atoms with Gasteiger partial charge in [0.1, 0.15) is 11.5 Å². The van der Waals surface area contributed by atoms with Gasteiger partial charge in [-0.25, -0.2) is 4.98 Å². The molecular formula is C20H27ClN4O3. The third kappa shape index (κ3) is 4.36. The van der Waals surface area contributed by atoms with Crippen LogP contribution in [-0.2, 0) is 0 Å². The highest BCUT2D eigenvalue weighted by atomic mass is 35.5. The van der Waals surface area contributed by atoms with E-state index >= 15 is 0 Å². The van der Waals surface area contributed by atoms with Gasteiger partial charge in [-0.3, -0.25) is 4.79 Å². The lowest BCUT2D eigenvalue weighted by Gasteiger charge is -2.17. The molecule has 0 saturated heterocycles. The molecule has 0 spiro atoms. The topological polar surface area (TPSA) is 107 Å². The van der Waals surface area contributed by atoms with Crippen LogP contribution >= 0.6 is 12.4 Å². The second-order valence-electron chi connectivity index (χ2n) is 6.88. The van der Waals surface area contributed by atoms with Gasteiger partial charge in [0, 0.05) is 18.2 Å². The molecule has 3 aromatic rings. The Labute approximate surface area is 170 Å². The maximum Gasteiger partial charge on any atom is 0.259 e. The molecule has 8 heteroatoms. The Kier molecular flexibility index (Phi) is 7.21. The van der Waals surface area contributed by atoms with Gasteiger partial charge >= 0.3 is 0 Å². The number of amides is 1. The van der Waals surface area contributed by atoms with Crippen LogP contribution in [0.15, 0.2) is 21.1 Å². The van der Waals surface area contributed by atoms with E-state index in [1.54, 1.807) is 13.0 Å². The van der Waals surface area contributed by atoms with Gasteiger partial charge in [0.05, 0.1) is 22.3 Å². The van der Waals surface area contributed by atoms with Crippen molar-refractivity contribution < 1.29 is 13.7 Å². The van der Waals surface area contributed by atoms with Crippen LogP contribution in [0.1, 0.15) is 53.8 Å². The third-order valence-corrected chi connectivity index (χ3v) is 4.70. The van der Waals surface area contributed by atoms with Crippen molar-refractivity contribution in [1.82, 2.24) is 15.5 Å². The summed E-state index contributed by atoms with van der Waals surface area (Å²) in [5.74, 6) is 1.33. The number of nitrogens with two attached hydrogens (primary N) is 1. The number of fused-ring (bicyclic) bond motifs is 1. The van der Waals surface area contributed by atoms with E-state index in [1.165, 1.54) is 0 Å². The smallest absolute Gasteiger partial charge is 0.259 e. The Morgan fingerprint density at radius 3 is 2.64 bits per heavy atom. The van der Waals surface area contributed by atoms with Gasteiger partial charge < -0.3 is 20.0 Å². The summed E-state index contributed by atoms with van der Waals surface area (Å²) < 4.78 is 11.0. The molecule has 0 aliphatic heterocycles. The first kappa shape index (κ1) is 21.9. The lowest BCUT2D eigenvalue weighted by Crippen LogP contribution is -2.40. The third-order valence-electron chi connectivity index (χ3n) is 4.70. The number of halogens is 1. The molecule has 3 rings (SSSR count). The minimum atomic E-state index is -0.195. The number of aromatic nitrogens is 2. The van der Waals surface area contributed by atoms with Gasteiger partial charge in [-0.2, -0.15) is 0 Å². The second kappa shape index (κ2) is 9.21. The van der Waals surface area contributed by atoms with Crippen molar-refractivity contribution in [2.45, 2.75) is 53.0 Å². The van der Waals surface area contributed by atoms with Crippen LogP contribution < -0.4 is 11.1 Å². The van der Waals surface area contributed by atoms with E-state index < -0.39 is 0 Å². The van der Waals surface area contributed by atoms with Crippen molar-refractivity contribution in [1.29, 1.82) is 0 Å². The zero-order valence-electron chi connectivity index (χ0n) is 16.7. The Hall–Kier alpha value is -2.38. The number of pyridine rings is 1. The average Bonchev–Trinajstić information content (AvgIpc) is 3.19. The Morgan fingerprint density at radius 1 is 1.29 bits per heavy atom. The summed E-state index contributed by atoms with van der Waals surface area (Å²) in [6.45, 7) is 8.06. The first-order valence-corrected chi connectivity index (χ1v) is 9.30. The van der Waals surface area contributed by atoms with Crippen LogP contribution in [-0.4, -0.2) is 28.6 Å². The summed E-state index contributed by atoms with van der Waals surface area (Å²) in [6, 6.07) is 3.60. The van der Waals surface area contributed by atoms with Crippen LogP contribution in [0.25, 0.3) is 22.4 Å².